The van der Waals surface area contributed by atoms with Gasteiger partial charge in [-0.2, -0.15) is 0 Å². The Balaban J connectivity index is 2.45. The maximum absolute atomic E-state index is 12.0. The van der Waals surface area contributed by atoms with Gasteiger partial charge in [-0.25, -0.2) is 0 Å². The van der Waals surface area contributed by atoms with Gasteiger partial charge >= 0.3 is 5.97 Å². The number of nitrogens with two attached hydrogens (primary N) is 1. The van der Waals surface area contributed by atoms with E-state index in [-0.39, 0.29) is 5.91 Å². The molecular weight excluding hydrogens is 256 g/mol. The van der Waals surface area contributed by atoms with Gasteiger partial charge in [0.25, 0.3) is 5.91 Å². The first-order chi connectivity index (χ1) is 9.65. The fourth-order valence-electron chi connectivity index (χ4n) is 1.82. The standard InChI is InChI=1S/C15H22N2O3/c1-12(18)20-14-9-5-4-8-13(14)15(19)17-11-7-3-2-6-10-16/h4-5,8-9H,2-3,6-7,10-11,16H2,1H3,(H,17,19). The molecule has 0 aliphatic carbocycles. The SMILES string of the molecule is CC(=O)Oc1ccccc1C(=O)NCCCCCCN. The van der Waals surface area contributed by atoms with Crippen molar-refractivity contribution in [3.05, 3.63) is 29.8 Å². The fourth-order valence-corrected chi connectivity index (χ4v) is 1.82. The molecule has 0 spiro atoms. The molecule has 5 heteroatoms. The maximum atomic E-state index is 12.0. The van der Waals surface area contributed by atoms with Crippen LogP contribution in [0.3, 0.4) is 0 Å². The van der Waals surface area contributed by atoms with Crippen LogP contribution in [0.5, 0.6) is 5.75 Å². The number of para-hydroxylation sites is 1. The summed E-state index contributed by atoms with van der Waals surface area (Å²) in [6.45, 7) is 2.63. The van der Waals surface area contributed by atoms with Gasteiger partial charge in [-0.1, -0.05) is 25.0 Å². The zero-order chi connectivity index (χ0) is 14.8. The Morgan fingerprint density at radius 1 is 1.15 bits per heavy atom. The molecule has 0 saturated heterocycles. The van der Waals surface area contributed by atoms with E-state index in [2.05, 4.69) is 5.32 Å². The summed E-state index contributed by atoms with van der Waals surface area (Å²) in [7, 11) is 0. The van der Waals surface area contributed by atoms with Crippen LogP contribution in [0, 0.1) is 0 Å². The molecule has 0 aliphatic rings. The van der Waals surface area contributed by atoms with E-state index < -0.39 is 5.97 Å². The third-order valence-corrected chi connectivity index (χ3v) is 2.80. The van der Waals surface area contributed by atoms with E-state index in [1.165, 1.54) is 6.92 Å². The first kappa shape index (κ1) is 16.2. The van der Waals surface area contributed by atoms with Crippen LogP contribution in [0.2, 0.25) is 0 Å². The summed E-state index contributed by atoms with van der Waals surface area (Å²) in [4.78, 5) is 23.0. The van der Waals surface area contributed by atoms with Gasteiger partial charge in [-0.15, -0.1) is 0 Å². The molecule has 0 heterocycles. The van der Waals surface area contributed by atoms with Crippen molar-refractivity contribution >= 4 is 11.9 Å². The Morgan fingerprint density at radius 2 is 1.85 bits per heavy atom. The molecule has 0 aliphatic heterocycles. The predicted molar refractivity (Wildman–Crippen MR) is 77.6 cm³/mol. The summed E-state index contributed by atoms with van der Waals surface area (Å²) in [6.07, 6.45) is 4.06. The first-order valence-corrected chi connectivity index (χ1v) is 6.91. The highest BCUT2D eigenvalue weighted by Gasteiger charge is 2.12. The highest BCUT2D eigenvalue weighted by Crippen LogP contribution is 2.17. The van der Waals surface area contributed by atoms with Gasteiger partial charge in [0.15, 0.2) is 0 Å². The van der Waals surface area contributed by atoms with E-state index in [4.69, 9.17) is 10.5 Å². The number of carbonyl (C=O) groups excluding carboxylic acids is 2. The Kier molecular flexibility index (Phi) is 7.35. The second kappa shape index (κ2) is 9.09. The lowest BCUT2D eigenvalue weighted by Crippen LogP contribution is -2.25. The van der Waals surface area contributed by atoms with Crippen molar-refractivity contribution in [3.8, 4) is 5.75 Å². The van der Waals surface area contributed by atoms with Crippen LogP contribution >= 0.6 is 0 Å². The number of hydrogen-bond acceptors (Lipinski definition) is 4. The summed E-state index contributed by atoms with van der Waals surface area (Å²) >= 11 is 0. The molecule has 0 atom stereocenters. The largest absolute Gasteiger partial charge is 0.426 e. The van der Waals surface area contributed by atoms with E-state index >= 15 is 0 Å². The number of nitrogens with one attached hydrogen (secondary N) is 1. The summed E-state index contributed by atoms with van der Waals surface area (Å²) in [5.41, 5.74) is 5.79. The number of amides is 1. The first-order valence-electron chi connectivity index (χ1n) is 6.91. The van der Waals surface area contributed by atoms with Crippen LogP contribution < -0.4 is 15.8 Å². The quantitative estimate of drug-likeness (QED) is 0.432. The van der Waals surface area contributed by atoms with E-state index in [0.717, 1.165) is 25.7 Å². The van der Waals surface area contributed by atoms with Crippen LogP contribution in [0.1, 0.15) is 43.0 Å². The number of ether oxygens (including phenoxy) is 1. The van der Waals surface area contributed by atoms with Crippen molar-refractivity contribution in [2.24, 2.45) is 5.73 Å². The summed E-state index contributed by atoms with van der Waals surface area (Å²) in [6, 6.07) is 6.71. The van der Waals surface area contributed by atoms with Crippen LogP contribution in [-0.4, -0.2) is 25.0 Å². The van der Waals surface area contributed by atoms with Gasteiger partial charge in [-0.05, 0) is 31.5 Å². The molecule has 1 amide bonds. The van der Waals surface area contributed by atoms with E-state index in [1.807, 2.05) is 0 Å². The van der Waals surface area contributed by atoms with Crippen molar-refractivity contribution in [3.63, 3.8) is 0 Å². The average Bonchev–Trinajstić information content (AvgIpc) is 2.42. The highest BCUT2D eigenvalue weighted by molar-refractivity contribution is 5.97. The van der Waals surface area contributed by atoms with Crippen molar-refractivity contribution < 1.29 is 14.3 Å². The lowest BCUT2D eigenvalue weighted by Gasteiger charge is -2.09. The zero-order valence-electron chi connectivity index (χ0n) is 11.9. The van der Waals surface area contributed by atoms with Gasteiger partial charge in [0.1, 0.15) is 5.75 Å². The molecule has 0 saturated carbocycles. The van der Waals surface area contributed by atoms with Gasteiger partial charge in [0.2, 0.25) is 0 Å². The minimum absolute atomic E-state index is 0.222. The highest BCUT2D eigenvalue weighted by atomic mass is 16.5. The molecule has 0 bridgehead atoms. The molecular formula is C15H22N2O3. The van der Waals surface area contributed by atoms with Crippen LogP contribution in [0.15, 0.2) is 24.3 Å². The fraction of sp³-hybridized carbons (Fsp3) is 0.467. The van der Waals surface area contributed by atoms with E-state index in [1.54, 1.807) is 24.3 Å². The zero-order valence-corrected chi connectivity index (χ0v) is 11.9. The molecule has 1 aromatic carbocycles. The average molecular weight is 278 g/mol. The number of esters is 1. The van der Waals surface area contributed by atoms with E-state index in [0.29, 0.717) is 24.4 Å². The minimum atomic E-state index is -0.438. The second-order valence-corrected chi connectivity index (χ2v) is 4.55. The normalized spacial score (nSPS) is 10.1. The monoisotopic (exact) mass is 278 g/mol. The van der Waals surface area contributed by atoms with E-state index in [9.17, 15) is 9.59 Å². The predicted octanol–water partition coefficient (Wildman–Crippen LogP) is 1.86. The summed E-state index contributed by atoms with van der Waals surface area (Å²) < 4.78 is 5.01. The van der Waals surface area contributed by atoms with Gasteiger partial charge in [0, 0.05) is 13.5 Å². The lowest BCUT2D eigenvalue weighted by atomic mass is 10.1. The molecule has 1 aromatic rings. The third kappa shape index (κ3) is 5.84. The molecule has 0 radical (unpaired) electrons. The Hall–Kier alpha value is -1.88. The topological polar surface area (TPSA) is 81.4 Å². The maximum Gasteiger partial charge on any atom is 0.308 e. The number of rotatable bonds is 8. The molecule has 0 aromatic heterocycles. The third-order valence-electron chi connectivity index (χ3n) is 2.80. The summed E-state index contributed by atoms with van der Waals surface area (Å²) in [5.74, 6) is -0.367. The Labute approximate surface area is 119 Å². The molecule has 0 unspecified atom stereocenters. The second-order valence-electron chi connectivity index (χ2n) is 4.55. The van der Waals surface area contributed by atoms with Crippen LogP contribution in [0.4, 0.5) is 0 Å². The smallest absolute Gasteiger partial charge is 0.308 e. The number of benzene rings is 1. The molecule has 110 valence electrons. The number of hydrogen-bond donors (Lipinski definition) is 2. The lowest BCUT2D eigenvalue weighted by molar-refractivity contribution is -0.131. The van der Waals surface area contributed by atoms with Crippen LogP contribution in [0.25, 0.3) is 0 Å². The van der Waals surface area contributed by atoms with Crippen molar-refractivity contribution in [1.29, 1.82) is 0 Å². The van der Waals surface area contributed by atoms with Gasteiger partial charge in [0.05, 0.1) is 5.56 Å². The summed E-state index contributed by atoms with van der Waals surface area (Å²) in [5, 5.41) is 2.83. The van der Waals surface area contributed by atoms with Crippen molar-refractivity contribution in [1.82, 2.24) is 5.32 Å². The Morgan fingerprint density at radius 3 is 2.55 bits per heavy atom. The minimum Gasteiger partial charge on any atom is -0.426 e. The van der Waals surface area contributed by atoms with Gasteiger partial charge in [-0.3, -0.25) is 9.59 Å². The van der Waals surface area contributed by atoms with Gasteiger partial charge < -0.3 is 15.8 Å². The van der Waals surface area contributed by atoms with Crippen molar-refractivity contribution in [2.75, 3.05) is 13.1 Å². The molecule has 20 heavy (non-hydrogen) atoms. The molecule has 1 rings (SSSR count). The molecule has 0 fully saturated rings. The number of unbranched alkanes of at least 4 members (excludes halogenated alkanes) is 3. The Bertz CT molecular complexity index is 446. The number of carbonyl (C=O) groups is 2. The van der Waals surface area contributed by atoms with Crippen molar-refractivity contribution in [2.45, 2.75) is 32.6 Å². The van der Waals surface area contributed by atoms with Crippen LogP contribution in [-0.2, 0) is 4.79 Å². The molecule has 3 N–H and O–H groups in total. The molecule has 5 nitrogen and oxygen atoms in total.